The minimum absolute atomic E-state index is 0.117. The van der Waals surface area contributed by atoms with Crippen molar-refractivity contribution < 1.29 is 14.4 Å². The second kappa shape index (κ2) is 7.86. The van der Waals surface area contributed by atoms with Gasteiger partial charge in [-0.05, 0) is 49.4 Å². The van der Waals surface area contributed by atoms with Gasteiger partial charge < -0.3 is 21.3 Å². The van der Waals surface area contributed by atoms with Gasteiger partial charge in [-0.3, -0.25) is 14.4 Å². The van der Waals surface area contributed by atoms with Crippen LogP contribution in [0.3, 0.4) is 0 Å². The van der Waals surface area contributed by atoms with Crippen molar-refractivity contribution in [2.24, 2.45) is 5.73 Å². The molecule has 0 radical (unpaired) electrons. The van der Waals surface area contributed by atoms with Crippen molar-refractivity contribution in [3.05, 3.63) is 34.3 Å². The number of nitrogens with two attached hydrogens (primary N) is 1. The summed E-state index contributed by atoms with van der Waals surface area (Å²) in [7, 11) is 0. The highest BCUT2D eigenvalue weighted by atomic mass is 35.5. The number of amides is 3. The van der Waals surface area contributed by atoms with Crippen LogP contribution in [-0.2, 0) is 27.5 Å². The first kappa shape index (κ1) is 19.6. The molecule has 27 heavy (non-hydrogen) atoms. The van der Waals surface area contributed by atoms with Crippen LogP contribution in [0.5, 0.6) is 0 Å². The van der Waals surface area contributed by atoms with Gasteiger partial charge >= 0.3 is 0 Å². The minimum Gasteiger partial charge on any atom is -0.350 e. The van der Waals surface area contributed by atoms with Crippen LogP contribution in [0.1, 0.15) is 43.7 Å². The van der Waals surface area contributed by atoms with Gasteiger partial charge in [-0.25, -0.2) is 0 Å². The van der Waals surface area contributed by atoms with Crippen LogP contribution in [0.15, 0.2) is 18.2 Å². The summed E-state index contributed by atoms with van der Waals surface area (Å²) in [6, 6.07) is 4.88. The zero-order valence-electron chi connectivity index (χ0n) is 15.4. The number of halogens is 1. The molecule has 8 heteroatoms. The van der Waals surface area contributed by atoms with Crippen molar-refractivity contribution in [2.75, 3.05) is 6.54 Å². The van der Waals surface area contributed by atoms with Crippen LogP contribution in [0.25, 0.3) is 0 Å². The van der Waals surface area contributed by atoms with Gasteiger partial charge in [0.05, 0.1) is 0 Å². The van der Waals surface area contributed by atoms with Crippen LogP contribution >= 0.6 is 11.6 Å². The molecule has 2 atom stereocenters. The van der Waals surface area contributed by atoms with E-state index in [4.69, 9.17) is 17.3 Å². The molecule has 2 aliphatic heterocycles. The van der Waals surface area contributed by atoms with E-state index in [1.165, 1.54) is 0 Å². The maximum absolute atomic E-state index is 13.0. The molecule has 4 N–H and O–H groups in total. The molecule has 0 aliphatic carbocycles. The molecule has 146 valence electrons. The molecule has 7 nitrogen and oxygen atoms in total. The number of nitrogens with zero attached hydrogens (tertiary/aromatic N) is 1. The standard InChI is InChI=1S/C19H25ClN4O3/c1-19(7-2-8-24(19)17(26)15-5-6-16(25)23-15)18(27)22-11-13-9-14(20)4-3-12(13)10-21/h3-4,9,15H,2,5-8,10-11,21H2,1H3,(H,22,27)(H,23,25)/t15-,19?/m1/s1. The third-order valence-corrected chi connectivity index (χ3v) is 5.75. The molecule has 0 aromatic heterocycles. The Labute approximate surface area is 163 Å². The predicted octanol–water partition coefficient (Wildman–Crippen LogP) is 1.07. The Hall–Kier alpha value is -2.12. The highest BCUT2D eigenvalue weighted by Crippen LogP contribution is 2.31. The minimum atomic E-state index is -0.925. The number of rotatable bonds is 5. The first-order valence-electron chi connectivity index (χ1n) is 9.21. The summed E-state index contributed by atoms with van der Waals surface area (Å²) < 4.78 is 0. The van der Waals surface area contributed by atoms with Gasteiger partial charge in [-0.15, -0.1) is 0 Å². The number of hydrogen-bond donors (Lipinski definition) is 3. The molecule has 0 saturated carbocycles. The molecular weight excluding hydrogens is 368 g/mol. The van der Waals surface area contributed by atoms with E-state index < -0.39 is 11.6 Å². The Morgan fingerprint density at radius 2 is 2.19 bits per heavy atom. The zero-order chi connectivity index (χ0) is 19.6. The maximum atomic E-state index is 13.0. The van der Waals surface area contributed by atoms with Gasteiger partial charge in [0.25, 0.3) is 0 Å². The normalized spacial score (nSPS) is 24.8. The summed E-state index contributed by atoms with van der Waals surface area (Å²) in [4.78, 5) is 38.8. The summed E-state index contributed by atoms with van der Waals surface area (Å²) in [6.07, 6.45) is 2.17. The lowest BCUT2D eigenvalue weighted by molar-refractivity contribution is -0.145. The molecule has 1 aromatic carbocycles. The van der Waals surface area contributed by atoms with Gasteiger partial charge in [0.2, 0.25) is 17.7 Å². The highest BCUT2D eigenvalue weighted by molar-refractivity contribution is 6.30. The first-order chi connectivity index (χ1) is 12.8. The third-order valence-electron chi connectivity index (χ3n) is 5.52. The van der Waals surface area contributed by atoms with Gasteiger partial charge in [-0.2, -0.15) is 0 Å². The van der Waals surface area contributed by atoms with Gasteiger partial charge in [0.1, 0.15) is 11.6 Å². The monoisotopic (exact) mass is 392 g/mol. The molecule has 3 rings (SSSR count). The van der Waals surface area contributed by atoms with E-state index in [1.807, 2.05) is 6.07 Å². The Bertz CT molecular complexity index is 769. The van der Waals surface area contributed by atoms with Gasteiger partial charge in [0, 0.05) is 31.1 Å². The van der Waals surface area contributed by atoms with Crippen molar-refractivity contribution in [2.45, 2.75) is 57.3 Å². The topological polar surface area (TPSA) is 105 Å². The van der Waals surface area contributed by atoms with Crippen molar-refractivity contribution in [1.29, 1.82) is 0 Å². The quantitative estimate of drug-likeness (QED) is 0.697. The van der Waals surface area contributed by atoms with Crippen LogP contribution < -0.4 is 16.4 Å². The number of carbonyl (C=O) groups is 3. The van der Waals surface area contributed by atoms with E-state index in [1.54, 1.807) is 24.0 Å². The van der Waals surface area contributed by atoms with E-state index in [2.05, 4.69) is 10.6 Å². The van der Waals surface area contributed by atoms with Gasteiger partial charge in [-0.1, -0.05) is 17.7 Å². The molecule has 0 spiro atoms. The molecule has 2 aliphatic rings. The number of benzene rings is 1. The molecule has 2 heterocycles. The van der Waals surface area contributed by atoms with Crippen molar-refractivity contribution in [3.63, 3.8) is 0 Å². The van der Waals surface area contributed by atoms with Crippen LogP contribution in [-0.4, -0.2) is 40.7 Å². The summed E-state index contributed by atoms with van der Waals surface area (Å²) in [5.41, 5.74) is 6.61. The second-order valence-electron chi connectivity index (χ2n) is 7.33. The van der Waals surface area contributed by atoms with E-state index in [9.17, 15) is 14.4 Å². The van der Waals surface area contributed by atoms with E-state index in [-0.39, 0.29) is 17.7 Å². The van der Waals surface area contributed by atoms with Crippen molar-refractivity contribution in [3.8, 4) is 0 Å². The average Bonchev–Trinajstić information content (AvgIpc) is 3.26. The number of carbonyl (C=O) groups excluding carboxylic acids is 3. The van der Waals surface area contributed by atoms with Gasteiger partial charge in [0.15, 0.2) is 0 Å². The SMILES string of the molecule is CC1(C(=O)NCc2cc(Cl)ccc2CN)CCCN1C(=O)[C@H]1CCC(=O)N1. The Morgan fingerprint density at radius 3 is 2.85 bits per heavy atom. The fourth-order valence-corrected chi connectivity index (χ4v) is 4.06. The largest absolute Gasteiger partial charge is 0.350 e. The van der Waals surface area contributed by atoms with Crippen LogP contribution in [0, 0.1) is 0 Å². The smallest absolute Gasteiger partial charge is 0.246 e. The Kier molecular flexibility index (Phi) is 5.72. The molecule has 2 fully saturated rings. The zero-order valence-corrected chi connectivity index (χ0v) is 16.1. The van der Waals surface area contributed by atoms with E-state index in [0.29, 0.717) is 43.9 Å². The number of nitrogens with one attached hydrogen (secondary N) is 2. The number of likely N-dealkylation sites (tertiary alicyclic amines) is 1. The predicted molar refractivity (Wildman–Crippen MR) is 102 cm³/mol. The molecular formula is C19H25ClN4O3. The molecule has 3 amide bonds. The number of hydrogen-bond acceptors (Lipinski definition) is 4. The van der Waals surface area contributed by atoms with Crippen LogP contribution in [0.4, 0.5) is 0 Å². The fourth-order valence-electron chi connectivity index (χ4n) is 3.86. The summed E-state index contributed by atoms with van der Waals surface area (Å²) >= 11 is 6.05. The summed E-state index contributed by atoms with van der Waals surface area (Å²) in [5, 5.41) is 6.21. The maximum Gasteiger partial charge on any atom is 0.246 e. The van der Waals surface area contributed by atoms with E-state index in [0.717, 1.165) is 17.5 Å². The molecule has 0 bridgehead atoms. The lowest BCUT2D eigenvalue weighted by atomic mass is 9.96. The molecule has 1 unspecified atom stereocenters. The van der Waals surface area contributed by atoms with Crippen molar-refractivity contribution >= 4 is 29.3 Å². The second-order valence-corrected chi connectivity index (χ2v) is 7.76. The lowest BCUT2D eigenvalue weighted by Crippen LogP contribution is -2.58. The highest BCUT2D eigenvalue weighted by Gasteiger charge is 2.47. The average molecular weight is 393 g/mol. The van der Waals surface area contributed by atoms with E-state index >= 15 is 0 Å². The lowest BCUT2D eigenvalue weighted by Gasteiger charge is -2.35. The first-order valence-corrected chi connectivity index (χ1v) is 9.59. The third kappa shape index (κ3) is 3.94. The molecule has 1 aromatic rings. The molecule has 2 saturated heterocycles. The summed E-state index contributed by atoms with van der Waals surface area (Å²) in [5.74, 6) is -0.504. The summed E-state index contributed by atoms with van der Waals surface area (Å²) in [6.45, 7) is 2.95. The van der Waals surface area contributed by atoms with Crippen LogP contribution in [0.2, 0.25) is 5.02 Å². The fraction of sp³-hybridized carbons (Fsp3) is 0.526. The Morgan fingerprint density at radius 1 is 1.41 bits per heavy atom. The van der Waals surface area contributed by atoms with Crippen molar-refractivity contribution in [1.82, 2.24) is 15.5 Å². The Balaban J connectivity index is 1.70.